The van der Waals surface area contributed by atoms with Gasteiger partial charge in [0, 0.05) is 12.1 Å². The van der Waals surface area contributed by atoms with Crippen molar-refractivity contribution in [2.45, 2.75) is 0 Å². The van der Waals surface area contributed by atoms with Crippen LogP contribution in [0.3, 0.4) is 0 Å². The fraction of sp³-hybridized carbons (Fsp3) is 0.385. The third-order valence-corrected chi connectivity index (χ3v) is 2.54. The fourth-order valence-corrected chi connectivity index (χ4v) is 1.55. The quantitative estimate of drug-likeness (QED) is 0.761. The molecule has 21 heavy (non-hydrogen) atoms. The largest absolute Gasteiger partial charge is 0.493 e. The Labute approximate surface area is 122 Å². The molecule has 0 saturated carbocycles. The molecule has 1 rings (SSSR count). The van der Waals surface area contributed by atoms with Crippen LogP contribution in [0.15, 0.2) is 12.1 Å². The van der Waals surface area contributed by atoms with Gasteiger partial charge in [-0.25, -0.2) is 4.79 Å². The molecule has 8 nitrogen and oxygen atoms in total. The van der Waals surface area contributed by atoms with Crippen molar-refractivity contribution in [3.63, 3.8) is 0 Å². The Morgan fingerprint density at radius 1 is 1.00 bits per heavy atom. The number of ether oxygens (including phenoxy) is 4. The van der Waals surface area contributed by atoms with Crippen molar-refractivity contribution in [2.75, 3.05) is 40.3 Å². The van der Waals surface area contributed by atoms with E-state index in [2.05, 4.69) is 15.4 Å². The lowest BCUT2D eigenvalue weighted by Crippen LogP contribution is -2.33. The summed E-state index contributed by atoms with van der Waals surface area (Å²) < 4.78 is 19.9. The number of hydrogen-bond donors (Lipinski definition) is 2. The van der Waals surface area contributed by atoms with Gasteiger partial charge in [-0.2, -0.15) is 0 Å². The lowest BCUT2D eigenvalue weighted by molar-refractivity contribution is -0.139. The minimum absolute atomic E-state index is 0.229. The zero-order valence-corrected chi connectivity index (χ0v) is 12.3. The molecule has 2 N–H and O–H groups in total. The van der Waals surface area contributed by atoms with Crippen molar-refractivity contribution >= 4 is 17.7 Å². The normalized spacial score (nSPS) is 9.52. The Morgan fingerprint density at radius 2 is 1.57 bits per heavy atom. The summed E-state index contributed by atoms with van der Waals surface area (Å²) in [5.74, 6) is 0.677. The van der Waals surface area contributed by atoms with Gasteiger partial charge in [0.1, 0.15) is 6.54 Å². The number of benzene rings is 1. The number of methoxy groups -OCH3 is 4. The number of hydrogen-bond acceptors (Lipinski definition) is 6. The van der Waals surface area contributed by atoms with Crippen LogP contribution in [0.2, 0.25) is 0 Å². The highest BCUT2D eigenvalue weighted by Crippen LogP contribution is 2.39. The molecule has 0 aliphatic heterocycles. The molecule has 0 fully saturated rings. The van der Waals surface area contributed by atoms with Gasteiger partial charge in [-0.3, -0.25) is 4.79 Å². The number of amides is 2. The number of carbonyl (C=O) groups excluding carboxylic acids is 2. The van der Waals surface area contributed by atoms with Gasteiger partial charge in [-0.05, 0) is 0 Å². The molecule has 0 aliphatic rings. The van der Waals surface area contributed by atoms with Crippen molar-refractivity contribution in [2.24, 2.45) is 0 Å². The Bertz CT molecular complexity index is 492. The maximum atomic E-state index is 11.6. The maximum Gasteiger partial charge on any atom is 0.325 e. The fourth-order valence-electron chi connectivity index (χ4n) is 1.55. The van der Waals surface area contributed by atoms with Gasteiger partial charge >= 0.3 is 12.0 Å². The average Bonchev–Trinajstić information content (AvgIpc) is 2.51. The molecule has 2 amide bonds. The van der Waals surface area contributed by atoms with Crippen molar-refractivity contribution in [1.82, 2.24) is 5.32 Å². The summed E-state index contributed by atoms with van der Waals surface area (Å²) in [7, 11) is 5.66. The Balaban J connectivity index is 2.83. The van der Waals surface area contributed by atoms with Crippen LogP contribution in [0.5, 0.6) is 17.2 Å². The third kappa shape index (κ3) is 4.44. The molecule has 0 unspecified atom stereocenters. The van der Waals surface area contributed by atoms with Crippen molar-refractivity contribution < 1.29 is 28.5 Å². The van der Waals surface area contributed by atoms with E-state index in [4.69, 9.17) is 14.2 Å². The van der Waals surface area contributed by atoms with E-state index in [0.717, 1.165) is 0 Å². The minimum Gasteiger partial charge on any atom is -0.493 e. The van der Waals surface area contributed by atoms with Crippen LogP contribution in [0.4, 0.5) is 10.5 Å². The van der Waals surface area contributed by atoms with Gasteiger partial charge in [-0.15, -0.1) is 0 Å². The average molecular weight is 298 g/mol. The van der Waals surface area contributed by atoms with Crippen LogP contribution in [0, 0.1) is 0 Å². The molecule has 0 aliphatic carbocycles. The van der Waals surface area contributed by atoms with Crippen molar-refractivity contribution in [1.29, 1.82) is 0 Å². The highest BCUT2D eigenvalue weighted by molar-refractivity contribution is 5.92. The predicted molar refractivity (Wildman–Crippen MR) is 75.1 cm³/mol. The second-order valence-electron chi connectivity index (χ2n) is 3.80. The minimum atomic E-state index is -0.560. The summed E-state index contributed by atoms with van der Waals surface area (Å²) in [6, 6.07) is 2.58. The molecule has 116 valence electrons. The van der Waals surface area contributed by atoms with E-state index in [1.165, 1.54) is 28.4 Å². The first-order chi connectivity index (χ1) is 10.0. The summed E-state index contributed by atoms with van der Waals surface area (Å²) in [6.45, 7) is -0.229. The summed E-state index contributed by atoms with van der Waals surface area (Å²) in [5, 5.41) is 4.90. The maximum absolute atomic E-state index is 11.6. The second kappa shape index (κ2) is 7.83. The number of esters is 1. The monoisotopic (exact) mass is 298 g/mol. The van der Waals surface area contributed by atoms with Gasteiger partial charge < -0.3 is 29.6 Å². The Morgan fingerprint density at radius 3 is 2.00 bits per heavy atom. The standard InChI is InChI=1S/C13H18N2O6/c1-18-9-5-8(6-10(19-2)12(9)21-4)15-13(17)14-7-11(16)20-3/h5-6H,7H2,1-4H3,(H2,14,15,17). The van der Waals surface area contributed by atoms with Crippen LogP contribution in [0.1, 0.15) is 0 Å². The van der Waals surface area contributed by atoms with Crippen molar-refractivity contribution in [3.05, 3.63) is 12.1 Å². The number of nitrogens with one attached hydrogen (secondary N) is 2. The van der Waals surface area contributed by atoms with Gasteiger partial charge in [0.15, 0.2) is 11.5 Å². The molecule has 0 radical (unpaired) electrons. The third-order valence-electron chi connectivity index (χ3n) is 2.54. The van der Waals surface area contributed by atoms with Crippen LogP contribution < -0.4 is 24.8 Å². The number of anilines is 1. The van der Waals surface area contributed by atoms with E-state index in [9.17, 15) is 9.59 Å². The molecule has 1 aromatic carbocycles. The summed E-state index contributed by atoms with van der Waals surface area (Å²) in [4.78, 5) is 22.6. The summed E-state index contributed by atoms with van der Waals surface area (Å²) in [6.07, 6.45) is 0. The molecule has 1 aromatic rings. The highest BCUT2D eigenvalue weighted by atomic mass is 16.5. The zero-order chi connectivity index (χ0) is 15.8. The Hall–Kier alpha value is -2.64. The zero-order valence-electron chi connectivity index (χ0n) is 12.3. The van der Waals surface area contributed by atoms with Gasteiger partial charge in [0.25, 0.3) is 0 Å². The SMILES string of the molecule is COC(=O)CNC(=O)Nc1cc(OC)c(OC)c(OC)c1. The van der Waals surface area contributed by atoms with Crippen LogP contribution >= 0.6 is 0 Å². The molecule has 0 aromatic heterocycles. The highest BCUT2D eigenvalue weighted by Gasteiger charge is 2.14. The summed E-state index contributed by atoms with van der Waals surface area (Å²) >= 11 is 0. The molecular formula is C13H18N2O6. The Kier molecular flexibility index (Phi) is 6.12. The predicted octanol–water partition coefficient (Wildman–Crippen LogP) is 1.01. The van der Waals surface area contributed by atoms with Crippen LogP contribution in [-0.4, -0.2) is 47.0 Å². The van der Waals surface area contributed by atoms with Crippen LogP contribution in [-0.2, 0) is 9.53 Å². The van der Waals surface area contributed by atoms with Gasteiger partial charge in [-0.1, -0.05) is 0 Å². The first-order valence-electron chi connectivity index (χ1n) is 5.97. The number of carbonyl (C=O) groups is 2. The van der Waals surface area contributed by atoms with E-state index < -0.39 is 12.0 Å². The van der Waals surface area contributed by atoms with Crippen molar-refractivity contribution in [3.8, 4) is 17.2 Å². The second-order valence-corrected chi connectivity index (χ2v) is 3.80. The molecule has 0 heterocycles. The van der Waals surface area contributed by atoms with E-state index in [0.29, 0.717) is 22.9 Å². The molecular weight excluding hydrogens is 280 g/mol. The lowest BCUT2D eigenvalue weighted by atomic mass is 10.2. The molecule has 0 spiro atoms. The van der Waals surface area contributed by atoms with Gasteiger partial charge in [0.2, 0.25) is 5.75 Å². The van der Waals surface area contributed by atoms with Crippen LogP contribution in [0.25, 0.3) is 0 Å². The first-order valence-corrected chi connectivity index (χ1v) is 5.97. The van der Waals surface area contributed by atoms with Gasteiger partial charge in [0.05, 0.1) is 34.1 Å². The number of urea groups is 1. The summed E-state index contributed by atoms with van der Waals surface area (Å²) in [5.41, 5.74) is 0.423. The smallest absolute Gasteiger partial charge is 0.325 e. The molecule has 0 atom stereocenters. The first kappa shape index (κ1) is 16.4. The van der Waals surface area contributed by atoms with E-state index in [1.807, 2.05) is 0 Å². The van der Waals surface area contributed by atoms with E-state index >= 15 is 0 Å². The van der Waals surface area contributed by atoms with E-state index in [1.54, 1.807) is 12.1 Å². The molecule has 8 heteroatoms. The molecule has 0 saturated heterocycles. The lowest BCUT2D eigenvalue weighted by Gasteiger charge is -2.14. The topological polar surface area (TPSA) is 95.1 Å². The molecule has 0 bridgehead atoms. The number of rotatable bonds is 6. The van der Waals surface area contributed by atoms with E-state index in [-0.39, 0.29) is 6.54 Å².